The molecule has 1 N–H and O–H groups in total. The Morgan fingerprint density at radius 1 is 1.13 bits per heavy atom. The number of esters is 1. The number of hydrogen-bond donors (Lipinski definition) is 1. The van der Waals surface area contributed by atoms with Crippen LogP contribution in [-0.4, -0.2) is 30.7 Å². The fourth-order valence-electron chi connectivity index (χ4n) is 2.73. The van der Waals surface area contributed by atoms with Crippen LogP contribution in [-0.2, 0) is 4.74 Å². The van der Waals surface area contributed by atoms with Crippen LogP contribution < -0.4 is 10.1 Å². The van der Waals surface area contributed by atoms with Gasteiger partial charge in [-0.05, 0) is 36.2 Å². The molecule has 31 heavy (non-hydrogen) atoms. The summed E-state index contributed by atoms with van der Waals surface area (Å²) >= 11 is 12.5. The molecule has 1 aromatic heterocycles. The average Bonchev–Trinajstić information content (AvgIpc) is 3.14. The summed E-state index contributed by atoms with van der Waals surface area (Å²) in [6.45, 7) is 4.57. The Morgan fingerprint density at radius 2 is 1.81 bits per heavy atom. The standard InChI is InChI=1S/C22H20Cl2N2O5/c1-12(2)11-30-14-7-4-6-13(10-14)20(27)25-21-18(22(28)29-3)19(26-31-21)17-15(23)8-5-9-16(17)24/h4-10,12H,11H2,1-3H3,(H,25,27). The van der Waals surface area contributed by atoms with Crippen LogP contribution in [0.2, 0.25) is 10.0 Å². The highest BCUT2D eigenvalue weighted by molar-refractivity contribution is 6.39. The Morgan fingerprint density at radius 3 is 2.45 bits per heavy atom. The van der Waals surface area contributed by atoms with Crippen molar-refractivity contribution in [3.05, 3.63) is 63.6 Å². The van der Waals surface area contributed by atoms with E-state index in [-0.39, 0.29) is 27.2 Å². The molecule has 162 valence electrons. The number of methoxy groups -OCH3 is 1. The SMILES string of the molecule is COC(=O)c1c(-c2c(Cl)cccc2Cl)noc1NC(=O)c1cccc(OCC(C)C)c1. The Hall–Kier alpha value is -3.03. The van der Waals surface area contributed by atoms with E-state index < -0.39 is 11.9 Å². The third-order valence-electron chi connectivity index (χ3n) is 4.19. The number of halogens is 2. The van der Waals surface area contributed by atoms with Gasteiger partial charge in [0.05, 0.1) is 23.8 Å². The number of nitrogens with zero attached hydrogens (tertiary/aromatic N) is 1. The summed E-state index contributed by atoms with van der Waals surface area (Å²) in [4.78, 5) is 25.2. The molecule has 0 aliphatic carbocycles. The van der Waals surface area contributed by atoms with Gasteiger partial charge in [0, 0.05) is 11.1 Å². The minimum Gasteiger partial charge on any atom is -0.493 e. The molecular formula is C22H20Cl2N2O5. The van der Waals surface area contributed by atoms with E-state index in [0.29, 0.717) is 29.4 Å². The van der Waals surface area contributed by atoms with Crippen molar-refractivity contribution in [1.29, 1.82) is 0 Å². The summed E-state index contributed by atoms with van der Waals surface area (Å²) in [6, 6.07) is 11.5. The first-order valence-electron chi connectivity index (χ1n) is 9.38. The second-order valence-electron chi connectivity index (χ2n) is 7.01. The predicted octanol–water partition coefficient (Wildman–Crippen LogP) is 5.72. The number of nitrogens with one attached hydrogen (secondary N) is 1. The smallest absolute Gasteiger partial charge is 0.345 e. The normalized spacial score (nSPS) is 10.8. The van der Waals surface area contributed by atoms with Crippen LogP contribution in [0.3, 0.4) is 0 Å². The van der Waals surface area contributed by atoms with E-state index in [4.69, 9.17) is 37.2 Å². The summed E-state index contributed by atoms with van der Waals surface area (Å²) in [5.74, 6) is -0.582. The molecule has 0 unspecified atom stereocenters. The van der Waals surface area contributed by atoms with Crippen LogP contribution in [0.15, 0.2) is 47.0 Å². The average molecular weight is 463 g/mol. The van der Waals surface area contributed by atoms with Gasteiger partial charge in [0.2, 0.25) is 5.88 Å². The van der Waals surface area contributed by atoms with Gasteiger partial charge in [-0.2, -0.15) is 0 Å². The lowest BCUT2D eigenvalue weighted by molar-refractivity contribution is 0.0602. The molecule has 3 aromatic rings. The Labute approximate surface area is 189 Å². The van der Waals surface area contributed by atoms with E-state index in [2.05, 4.69) is 10.5 Å². The number of hydrogen-bond acceptors (Lipinski definition) is 6. The zero-order valence-electron chi connectivity index (χ0n) is 17.1. The first-order valence-corrected chi connectivity index (χ1v) is 10.1. The first-order chi connectivity index (χ1) is 14.8. The van der Waals surface area contributed by atoms with Gasteiger partial charge < -0.3 is 14.0 Å². The van der Waals surface area contributed by atoms with Crippen LogP contribution in [0.1, 0.15) is 34.6 Å². The van der Waals surface area contributed by atoms with Crippen molar-refractivity contribution in [1.82, 2.24) is 5.16 Å². The molecule has 0 saturated heterocycles. The van der Waals surface area contributed by atoms with Crippen LogP contribution >= 0.6 is 23.2 Å². The van der Waals surface area contributed by atoms with Crippen LogP contribution in [0.5, 0.6) is 5.75 Å². The number of benzene rings is 2. The topological polar surface area (TPSA) is 90.7 Å². The Kier molecular flexibility index (Phi) is 7.20. The maximum atomic E-state index is 12.8. The molecule has 2 aromatic carbocycles. The minimum atomic E-state index is -0.767. The van der Waals surface area contributed by atoms with E-state index in [1.54, 1.807) is 42.5 Å². The number of aromatic nitrogens is 1. The molecule has 0 bridgehead atoms. The Balaban J connectivity index is 1.94. The van der Waals surface area contributed by atoms with Crippen molar-refractivity contribution >= 4 is 41.0 Å². The monoisotopic (exact) mass is 462 g/mol. The highest BCUT2D eigenvalue weighted by atomic mass is 35.5. The molecule has 0 fully saturated rings. The van der Waals surface area contributed by atoms with Gasteiger partial charge in [-0.25, -0.2) is 4.79 Å². The van der Waals surface area contributed by atoms with Gasteiger partial charge in [-0.3, -0.25) is 10.1 Å². The maximum absolute atomic E-state index is 12.8. The van der Waals surface area contributed by atoms with E-state index in [0.717, 1.165) is 0 Å². The van der Waals surface area contributed by atoms with Gasteiger partial charge in [0.1, 0.15) is 11.4 Å². The molecule has 1 amide bonds. The van der Waals surface area contributed by atoms with Crippen molar-refractivity contribution < 1.29 is 23.6 Å². The first kappa shape index (κ1) is 22.7. The molecule has 0 spiro atoms. The fraction of sp³-hybridized carbons (Fsp3) is 0.227. The fourth-order valence-corrected chi connectivity index (χ4v) is 3.30. The van der Waals surface area contributed by atoms with Gasteiger partial charge in [-0.1, -0.05) is 54.3 Å². The molecule has 0 radical (unpaired) electrons. The second-order valence-corrected chi connectivity index (χ2v) is 7.82. The van der Waals surface area contributed by atoms with Crippen molar-refractivity contribution in [3.63, 3.8) is 0 Å². The van der Waals surface area contributed by atoms with Gasteiger partial charge in [0.25, 0.3) is 5.91 Å². The van der Waals surface area contributed by atoms with Crippen LogP contribution in [0.4, 0.5) is 5.88 Å². The zero-order valence-corrected chi connectivity index (χ0v) is 18.6. The summed E-state index contributed by atoms with van der Waals surface area (Å²) < 4.78 is 15.8. The molecular weight excluding hydrogens is 443 g/mol. The van der Waals surface area contributed by atoms with E-state index >= 15 is 0 Å². The molecule has 0 atom stereocenters. The van der Waals surface area contributed by atoms with Crippen molar-refractivity contribution in [2.75, 3.05) is 19.0 Å². The summed E-state index contributed by atoms with van der Waals surface area (Å²) in [5.41, 5.74) is 0.565. The molecule has 0 saturated carbocycles. The third-order valence-corrected chi connectivity index (χ3v) is 4.82. The Bertz CT molecular complexity index is 1090. The van der Waals surface area contributed by atoms with Crippen molar-refractivity contribution in [2.24, 2.45) is 5.92 Å². The number of carbonyl (C=O) groups excluding carboxylic acids is 2. The summed E-state index contributed by atoms with van der Waals surface area (Å²) in [5, 5.41) is 6.98. The van der Waals surface area contributed by atoms with Gasteiger partial charge in [0.15, 0.2) is 5.56 Å². The van der Waals surface area contributed by atoms with Gasteiger partial charge >= 0.3 is 5.97 Å². The second kappa shape index (κ2) is 9.85. The van der Waals surface area contributed by atoms with Gasteiger partial charge in [-0.15, -0.1) is 0 Å². The summed E-state index contributed by atoms with van der Waals surface area (Å²) in [6.07, 6.45) is 0. The molecule has 0 aliphatic rings. The highest BCUT2D eigenvalue weighted by Gasteiger charge is 2.29. The van der Waals surface area contributed by atoms with E-state index in [9.17, 15) is 9.59 Å². The lowest BCUT2D eigenvalue weighted by atomic mass is 10.1. The maximum Gasteiger partial charge on any atom is 0.345 e. The number of rotatable bonds is 7. The zero-order chi connectivity index (χ0) is 22.5. The number of amides is 1. The molecule has 1 heterocycles. The third kappa shape index (κ3) is 5.18. The summed E-state index contributed by atoms with van der Waals surface area (Å²) in [7, 11) is 1.20. The lowest BCUT2D eigenvalue weighted by Crippen LogP contribution is -2.15. The molecule has 7 nitrogen and oxygen atoms in total. The minimum absolute atomic E-state index is 0.0618. The van der Waals surface area contributed by atoms with Crippen molar-refractivity contribution in [3.8, 4) is 17.0 Å². The quantitative estimate of drug-likeness (QED) is 0.451. The molecule has 0 aliphatic heterocycles. The largest absolute Gasteiger partial charge is 0.493 e. The molecule has 9 heteroatoms. The van der Waals surface area contributed by atoms with Crippen LogP contribution in [0, 0.1) is 5.92 Å². The number of carbonyl (C=O) groups is 2. The van der Waals surface area contributed by atoms with Crippen LogP contribution in [0.25, 0.3) is 11.3 Å². The van der Waals surface area contributed by atoms with Crippen molar-refractivity contribution in [2.45, 2.75) is 13.8 Å². The lowest BCUT2D eigenvalue weighted by Gasteiger charge is -2.10. The predicted molar refractivity (Wildman–Crippen MR) is 118 cm³/mol. The number of ether oxygens (including phenoxy) is 2. The van der Waals surface area contributed by atoms with E-state index in [1.807, 2.05) is 13.8 Å². The number of anilines is 1. The van der Waals surface area contributed by atoms with E-state index in [1.165, 1.54) is 7.11 Å². The highest BCUT2D eigenvalue weighted by Crippen LogP contribution is 2.38. The molecule has 3 rings (SSSR count).